The first-order valence-electron chi connectivity index (χ1n) is 5.06. The lowest BCUT2D eigenvalue weighted by molar-refractivity contribution is 0.172. The van der Waals surface area contributed by atoms with Gasteiger partial charge >= 0.3 is 0 Å². The van der Waals surface area contributed by atoms with Gasteiger partial charge in [-0.25, -0.2) is 0 Å². The molecule has 82 valence electrons. The summed E-state index contributed by atoms with van der Waals surface area (Å²) in [6.07, 6.45) is 2.71. The number of aliphatic hydroxyl groups excluding tert-OH is 1. The molecule has 4 heteroatoms. The van der Waals surface area contributed by atoms with Crippen LogP contribution in [0.4, 0.5) is 5.69 Å². The average Bonchev–Trinajstić information content (AvgIpc) is 2.58. The van der Waals surface area contributed by atoms with E-state index in [1.807, 2.05) is 18.2 Å². The third-order valence-electron chi connectivity index (χ3n) is 2.75. The Balaban J connectivity index is 2.12. The van der Waals surface area contributed by atoms with Crippen molar-refractivity contribution in [3.8, 4) is 0 Å². The number of hydrogen-bond donors (Lipinski definition) is 2. The van der Waals surface area contributed by atoms with E-state index in [0.717, 1.165) is 29.4 Å². The molecule has 2 unspecified atom stereocenters. The minimum absolute atomic E-state index is 0.136. The second kappa shape index (κ2) is 4.73. The van der Waals surface area contributed by atoms with E-state index in [0.29, 0.717) is 5.02 Å². The smallest absolute Gasteiger partial charge is 0.0741 e. The highest BCUT2D eigenvalue weighted by atomic mass is 79.9. The van der Waals surface area contributed by atoms with Gasteiger partial charge < -0.3 is 10.4 Å². The molecule has 2 N–H and O–H groups in total. The van der Waals surface area contributed by atoms with E-state index in [-0.39, 0.29) is 12.1 Å². The highest BCUT2D eigenvalue weighted by Gasteiger charge is 2.25. The maximum absolute atomic E-state index is 9.69. The molecular formula is C11H13BrClNO. The van der Waals surface area contributed by atoms with Crippen molar-refractivity contribution in [2.45, 2.75) is 31.4 Å². The predicted octanol–water partition coefficient (Wildman–Crippen LogP) is 3.43. The monoisotopic (exact) mass is 289 g/mol. The number of hydrogen-bond acceptors (Lipinski definition) is 2. The van der Waals surface area contributed by atoms with Crippen LogP contribution in [0, 0.1) is 0 Å². The summed E-state index contributed by atoms with van der Waals surface area (Å²) in [6, 6.07) is 5.82. The highest BCUT2D eigenvalue weighted by Crippen LogP contribution is 2.29. The summed E-state index contributed by atoms with van der Waals surface area (Å²) >= 11 is 9.46. The molecule has 0 aromatic heterocycles. The molecule has 0 heterocycles. The Morgan fingerprint density at radius 3 is 2.87 bits per heavy atom. The van der Waals surface area contributed by atoms with Crippen LogP contribution in [0.15, 0.2) is 22.7 Å². The first-order valence-corrected chi connectivity index (χ1v) is 6.23. The molecular weight excluding hydrogens is 277 g/mol. The fraction of sp³-hybridized carbons (Fsp3) is 0.455. The lowest BCUT2D eigenvalue weighted by Gasteiger charge is -2.18. The van der Waals surface area contributed by atoms with Gasteiger partial charge in [0, 0.05) is 4.47 Å². The van der Waals surface area contributed by atoms with Crippen LogP contribution in [-0.2, 0) is 0 Å². The van der Waals surface area contributed by atoms with Crippen LogP contribution in [0.3, 0.4) is 0 Å². The summed E-state index contributed by atoms with van der Waals surface area (Å²) in [4.78, 5) is 0. The normalized spacial score (nSPS) is 25.5. The third kappa shape index (κ3) is 2.65. The maximum atomic E-state index is 9.69. The Morgan fingerprint density at radius 2 is 2.20 bits per heavy atom. The zero-order valence-corrected chi connectivity index (χ0v) is 10.6. The summed E-state index contributed by atoms with van der Waals surface area (Å²) in [5, 5.41) is 13.7. The Labute approximate surface area is 103 Å². The van der Waals surface area contributed by atoms with Gasteiger partial charge in [0.1, 0.15) is 0 Å². The van der Waals surface area contributed by atoms with Gasteiger partial charge in [-0.2, -0.15) is 0 Å². The van der Waals surface area contributed by atoms with Gasteiger partial charge in [0.05, 0.1) is 22.9 Å². The molecule has 1 aliphatic carbocycles. The van der Waals surface area contributed by atoms with Gasteiger partial charge in [-0.05, 0) is 37.5 Å². The molecule has 2 rings (SSSR count). The number of halogens is 2. The Kier molecular flexibility index (Phi) is 3.54. The van der Waals surface area contributed by atoms with Gasteiger partial charge in [0.25, 0.3) is 0 Å². The Hall–Kier alpha value is -0.250. The number of rotatable bonds is 2. The molecule has 1 aromatic carbocycles. The van der Waals surface area contributed by atoms with E-state index in [9.17, 15) is 5.11 Å². The highest BCUT2D eigenvalue weighted by molar-refractivity contribution is 9.10. The van der Waals surface area contributed by atoms with E-state index < -0.39 is 0 Å². The van der Waals surface area contributed by atoms with Crippen molar-refractivity contribution in [2.24, 2.45) is 0 Å². The van der Waals surface area contributed by atoms with Crippen molar-refractivity contribution in [3.63, 3.8) is 0 Å². The van der Waals surface area contributed by atoms with Crippen LogP contribution in [0.5, 0.6) is 0 Å². The molecule has 1 fully saturated rings. The Morgan fingerprint density at radius 1 is 1.40 bits per heavy atom. The molecule has 0 saturated heterocycles. The van der Waals surface area contributed by atoms with E-state index in [1.165, 1.54) is 0 Å². The lowest BCUT2D eigenvalue weighted by Crippen LogP contribution is -2.27. The molecule has 0 amide bonds. The number of nitrogens with one attached hydrogen (secondary N) is 1. The molecule has 0 spiro atoms. The minimum Gasteiger partial charge on any atom is -0.391 e. The summed E-state index contributed by atoms with van der Waals surface area (Å²) in [5.41, 5.74) is 0.886. The van der Waals surface area contributed by atoms with Crippen LogP contribution < -0.4 is 5.32 Å². The molecule has 1 aliphatic rings. The molecule has 0 aliphatic heterocycles. The van der Waals surface area contributed by atoms with Gasteiger partial charge in [-0.15, -0.1) is 0 Å². The van der Waals surface area contributed by atoms with Crippen molar-refractivity contribution in [2.75, 3.05) is 5.32 Å². The van der Waals surface area contributed by atoms with Crippen LogP contribution >= 0.6 is 27.5 Å². The van der Waals surface area contributed by atoms with Crippen LogP contribution in [0.1, 0.15) is 19.3 Å². The maximum Gasteiger partial charge on any atom is 0.0741 e. The standard InChI is InChI=1S/C11H13BrClNO/c12-7-4-5-8(13)10(6-7)14-9-2-1-3-11(9)15/h4-6,9,11,14-15H,1-3H2. The van der Waals surface area contributed by atoms with E-state index in [1.54, 1.807) is 0 Å². The van der Waals surface area contributed by atoms with E-state index in [2.05, 4.69) is 21.2 Å². The topological polar surface area (TPSA) is 32.3 Å². The van der Waals surface area contributed by atoms with E-state index in [4.69, 9.17) is 11.6 Å². The number of aliphatic hydroxyl groups is 1. The molecule has 0 bridgehead atoms. The second-order valence-corrected chi connectivity index (χ2v) is 5.20. The predicted molar refractivity (Wildman–Crippen MR) is 66.4 cm³/mol. The minimum atomic E-state index is -0.250. The largest absolute Gasteiger partial charge is 0.391 e. The SMILES string of the molecule is OC1CCCC1Nc1cc(Br)ccc1Cl. The van der Waals surface area contributed by atoms with Crippen molar-refractivity contribution in [1.82, 2.24) is 0 Å². The number of anilines is 1. The summed E-state index contributed by atoms with van der Waals surface area (Å²) in [7, 11) is 0. The summed E-state index contributed by atoms with van der Waals surface area (Å²) < 4.78 is 0.988. The fourth-order valence-electron chi connectivity index (χ4n) is 1.92. The molecule has 2 nitrogen and oxygen atoms in total. The van der Waals surface area contributed by atoms with Gasteiger partial charge in [0.2, 0.25) is 0 Å². The first kappa shape index (κ1) is 11.2. The first-order chi connectivity index (χ1) is 7.16. The van der Waals surface area contributed by atoms with E-state index >= 15 is 0 Å². The zero-order valence-electron chi connectivity index (χ0n) is 8.21. The summed E-state index contributed by atoms with van der Waals surface area (Å²) in [6.45, 7) is 0. The second-order valence-electron chi connectivity index (χ2n) is 3.87. The van der Waals surface area contributed by atoms with Crippen molar-refractivity contribution in [1.29, 1.82) is 0 Å². The molecule has 0 radical (unpaired) electrons. The fourth-order valence-corrected chi connectivity index (χ4v) is 2.45. The third-order valence-corrected chi connectivity index (χ3v) is 3.57. The van der Waals surface area contributed by atoms with Crippen molar-refractivity contribution >= 4 is 33.2 Å². The number of benzene rings is 1. The van der Waals surface area contributed by atoms with Crippen molar-refractivity contribution < 1.29 is 5.11 Å². The quantitative estimate of drug-likeness (QED) is 0.874. The zero-order chi connectivity index (χ0) is 10.8. The molecule has 1 aromatic rings. The van der Waals surface area contributed by atoms with Gasteiger partial charge in [0.15, 0.2) is 0 Å². The molecule has 1 saturated carbocycles. The molecule has 2 atom stereocenters. The van der Waals surface area contributed by atoms with Crippen LogP contribution in [-0.4, -0.2) is 17.3 Å². The van der Waals surface area contributed by atoms with Crippen LogP contribution in [0.25, 0.3) is 0 Å². The lowest BCUT2D eigenvalue weighted by atomic mass is 10.2. The average molecular weight is 291 g/mol. The van der Waals surface area contributed by atoms with Crippen LogP contribution in [0.2, 0.25) is 5.02 Å². The van der Waals surface area contributed by atoms with Gasteiger partial charge in [-0.1, -0.05) is 27.5 Å². The van der Waals surface area contributed by atoms with Crippen molar-refractivity contribution in [3.05, 3.63) is 27.7 Å². The van der Waals surface area contributed by atoms with Gasteiger partial charge in [-0.3, -0.25) is 0 Å². The Bertz CT molecular complexity index is 358. The summed E-state index contributed by atoms with van der Waals surface area (Å²) in [5.74, 6) is 0. The molecule has 15 heavy (non-hydrogen) atoms.